The third-order valence-electron chi connectivity index (χ3n) is 5.42. The predicted octanol–water partition coefficient (Wildman–Crippen LogP) is 4.00. The molecule has 0 bridgehead atoms. The summed E-state index contributed by atoms with van der Waals surface area (Å²) in [4.78, 5) is 22.2. The van der Waals surface area contributed by atoms with Gasteiger partial charge in [-0.05, 0) is 42.5 Å². The van der Waals surface area contributed by atoms with E-state index in [2.05, 4.69) is 15.3 Å². The molecule has 0 spiro atoms. The number of rotatable bonds is 6. The second kappa shape index (κ2) is 8.62. The zero-order valence-electron chi connectivity index (χ0n) is 18.6. The molecule has 2 heterocycles. The van der Waals surface area contributed by atoms with E-state index >= 15 is 0 Å². The molecule has 34 heavy (non-hydrogen) atoms. The summed E-state index contributed by atoms with van der Waals surface area (Å²) in [6, 6.07) is 22.1. The number of anilines is 2. The Morgan fingerprint density at radius 1 is 0.882 bits per heavy atom. The molecule has 9 nitrogen and oxygen atoms in total. The molecule has 0 radical (unpaired) electrons. The molecule has 5 rings (SSSR count). The van der Waals surface area contributed by atoms with Crippen molar-refractivity contribution in [2.75, 3.05) is 25.2 Å². The van der Waals surface area contributed by atoms with Crippen molar-refractivity contribution in [3.63, 3.8) is 0 Å². The van der Waals surface area contributed by atoms with Gasteiger partial charge in [0.25, 0.3) is 0 Å². The minimum atomic E-state index is -0.339. The Hall–Kier alpha value is -4.79. The van der Waals surface area contributed by atoms with Crippen molar-refractivity contribution in [1.82, 2.24) is 19.1 Å². The number of nitrogens with zero attached hydrogens (tertiary/aromatic N) is 4. The fourth-order valence-corrected chi connectivity index (χ4v) is 3.81. The molecule has 0 saturated carbocycles. The highest BCUT2D eigenvalue weighted by molar-refractivity contribution is 5.85. The number of methoxy groups -OCH3 is 1. The van der Waals surface area contributed by atoms with Gasteiger partial charge in [0.1, 0.15) is 17.6 Å². The highest BCUT2D eigenvalue weighted by atomic mass is 16.5. The van der Waals surface area contributed by atoms with Gasteiger partial charge in [-0.3, -0.25) is 4.57 Å². The fourth-order valence-electron chi connectivity index (χ4n) is 3.81. The van der Waals surface area contributed by atoms with Crippen LogP contribution in [0.3, 0.4) is 0 Å². The summed E-state index contributed by atoms with van der Waals surface area (Å²) >= 11 is 0. The van der Waals surface area contributed by atoms with Gasteiger partial charge in [-0.15, -0.1) is 0 Å². The molecular formula is C25H22N6O3. The van der Waals surface area contributed by atoms with Crippen molar-refractivity contribution in [3.8, 4) is 28.6 Å². The van der Waals surface area contributed by atoms with Crippen LogP contribution in [0.15, 0.2) is 83.9 Å². The number of imidazole rings is 1. The van der Waals surface area contributed by atoms with E-state index in [1.807, 2.05) is 61.6 Å². The molecule has 9 heteroatoms. The maximum atomic E-state index is 13.7. The molecule has 170 valence electrons. The topological polar surface area (TPSA) is 109 Å². The maximum absolute atomic E-state index is 13.7. The Morgan fingerprint density at radius 3 is 2.44 bits per heavy atom. The third kappa shape index (κ3) is 3.58. The molecular weight excluding hydrogens is 432 g/mol. The number of nitrogens with one attached hydrogen (secondary N) is 1. The first-order valence-corrected chi connectivity index (χ1v) is 10.5. The summed E-state index contributed by atoms with van der Waals surface area (Å²) in [5, 5.41) is 3.09. The van der Waals surface area contributed by atoms with Crippen molar-refractivity contribution in [2.45, 2.75) is 0 Å². The van der Waals surface area contributed by atoms with Crippen LogP contribution in [0.25, 0.3) is 22.5 Å². The highest BCUT2D eigenvalue weighted by Crippen LogP contribution is 2.34. The normalized spacial score (nSPS) is 10.9. The predicted molar refractivity (Wildman–Crippen MR) is 131 cm³/mol. The Bertz CT molecular complexity index is 1540. The minimum absolute atomic E-state index is 0.189. The largest absolute Gasteiger partial charge is 0.493 e. The van der Waals surface area contributed by atoms with Crippen molar-refractivity contribution in [3.05, 3.63) is 89.6 Å². The Morgan fingerprint density at radius 2 is 1.68 bits per heavy atom. The first kappa shape index (κ1) is 21.1. The minimum Gasteiger partial charge on any atom is -0.493 e. The molecule has 0 unspecified atom stereocenters. The van der Waals surface area contributed by atoms with Crippen LogP contribution in [-0.2, 0) is 0 Å². The number of hydrogen-bond acceptors (Lipinski definition) is 7. The number of hydrogen-bond donors (Lipinski definition) is 2. The second-order valence-electron chi connectivity index (χ2n) is 7.44. The lowest BCUT2D eigenvalue weighted by atomic mass is 10.2. The van der Waals surface area contributed by atoms with Crippen molar-refractivity contribution >= 4 is 22.7 Å². The number of aromatic nitrogens is 4. The summed E-state index contributed by atoms with van der Waals surface area (Å²) in [6.07, 6.45) is 1.34. The smallest absolute Gasteiger partial charge is 0.339 e. The van der Waals surface area contributed by atoms with E-state index in [0.29, 0.717) is 39.8 Å². The molecule has 0 fully saturated rings. The first-order valence-electron chi connectivity index (χ1n) is 10.5. The number of nitrogen functional groups attached to an aromatic ring is 1. The van der Waals surface area contributed by atoms with Crippen LogP contribution in [0.4, 0.5) is 11.5 Å². The van der Waals surface area contributed by atoms with Crippen LogP contribution in [0, 0.1) is 0 Å². The van der Waals surface area contributed by atoms with Crippen molar-refractivity contribution in [2.24, 2.45) is 0 Å². The summed E-state index contributed by atoms with van der Waals surface area (Å²) in [5.74, 6) is 1.83. The molecule has 0 aliphatic rings. The first-order chi connectivity index (χ1) is 16.6. The Kier molecular flexibility index (Phi) is 5.35. The van der Waals surface area contributed by atoms with Crippen LogP contribution in [0.2, 0.25) is 0 Å². The maximum Gasteiger partial charge on any atom is 0.339 e. The van der Waals surface area contributed by atoms with Crippen LogP contribution in [0.5, 0.6) is 17.2 Å². The van der Waals surface area contributed by atoms with Crippen LogP contribution in [0.1, 0.15) is 0 Å². The van der Waals surface area contributed by atoms with E-state index in [4.69, 9.17) is 15.2 Å². The summed E-state index contributed by atoms with van der Waals surface area (Å²) in [6.45, 7) is 0. The lowest BCUT2D eigenvalue weighted by Crippen LogP contribution is -2.22. The number of para-hydroxylation sites is 1. The number of nitrogens with two attached hydrogens (primary N) is 1. The van der Waals surface area contributed by atoms with Crippen LogP contribution in [-0.4, -0.2) is 33.3 Å². The molecule has 0 aliphatic carbocycles. The summed E-state index contributed by atoms with van der Waals surface area (Å²) in [7, 11) is 3.36. The van der Waals surface area contributed by atoms with E-state index in [1.165, 1.54) is 15.5 Å². The molecule has 0 aliphatic heterocycles. The average molecular weight is 454 g/mol. The van der Waals surface area contributed by atoms with Gasteiger partial charge in [-0.1, -0.05) is 24.3 Å². The Balaban J connectivity index is 1.70. The van der Waals surface area contributed by atoms with Gasteiger partial charge in [0, 0.05) is 18.8 Å². The zero-order valence-corrected chi connectivity index (χ0v) is 18.6. The Labute approximate surface area is 195 Å². The molecule has 3 aromatic carbocycles. The van der Waals surface area contributed by atoms with Crippen molar-refractivity contribution < 1.29 is 9.47 Å². The van der Waals surface area contributed by atoms with E-state index in [9.17, 15) is 4.79 Å². The number of fused-ring (bicyclic) bond motifs is 1. The average Bonchev–Trinajstić information content (AvgIpc) is 3.18. The van der Waals surface area contributed by atoms with Crippen molar-refractivity contribution in [1.29, 1.82) is 0 Å². The van der Waals surface area contributed by atoms with E-state index in [-0.39, 0.29) is 11.5 Å². The van der Waals surface area contributed by atoms with Gasteiger partial charge in [0.15, 0.2) is 23.0 Å². The van der Waals surface area contributed by atoms with Gasteiger partial charge in [0.2, 0.25) is 0 Å². The standard InChI is InChI=1S/C25H22N6O3/c1-27-16-7-6-8-17(13-16)31-24-22(23(26)28-15-29-24)30(25(31)32)18-11-12-20(21(14-18)33-2)34-19-9-4-3-5-10-19/h3-15,27H,1-2H3,(H2,26,28,29). The van der Waals surface area contributed by atoms with Crippen LogP contribution >= 0.6 is 0 Å². The van der Waals surface area contributed by atoms with Gasteiger partial charge < -0.3 is 20.5 Å². The van der Waals surface area contributed by atoms with E-state index in [1.54, 1.807) is 25.3 Å². The van der Waals surface area contributed by atoms with E-state index < -0.39 is 0 Å². The van der Waals surface area contributed by atoms with Gasteiger partial charge in [-0.25, -0.2) is 19.3 Å². The third-order valence-corrected chi connectivity index (χ3v) is 5.42. The highest BCUT2D eigenvalue weighted by Gasteiger charge is 2.21. The molecule has 5 aromatic rings. The molecule has 3 N–H and O–H groups in total. The van der Waals surface area contributed by atoms with E-state index in [0.717, 1.165) is 5.69 Å². The number of ether oxygens (including phenoxy) is 2. The zero-order chi connectivity index (χ0) is 23.7. The molecule has 0 amide bonds. The quantitative estimate of drug-likeness (QED) is 0.399. The lowest BCUT2D eigenvalue weighted by molar-refractivity contribution is 0.378. The lowest BCUT2D eigenvalue weighted by Gasteiger charge is -2.12. The summed E-state index contributed by atoms with van der Waals surface area (Å²) < 4.78 is 14.5. The fraction of sp³-hybridized carbons (Fsp3) is 0.0800. The number of benzene rings is 3. The second-order valence-corrected chi connectivity index (χ2v) is 7.44. The molecule has 0 saturated heterocycles. The van der Waals surface area contributed by atoms with Gasteiger partial charge in [0.05, 0.1) is 18.5 Å². The molecule has 2 aromatic heterocycles. The van der Waals surface area contributed by atoms with Crippen LogP contribution < -0.4 is 26.2 Å². The van der Waals surface area contributed by atoms with Gasteiger partial charge >= 0.3 is 5.69 Å². The SMILES string of the molecule is CNc1cccc(-n2c(=O)n(-c3ccc(Oc4ccccc4)c(OC)c3)c3c(N)ncnc32)c1. The van der Waals surface area contributed by atoms with Gasteiger partial charge in [-0.2, -0.15) is 0 Å². The monoisotopic (exact) mass is 454 g/mol. The summed E-state index contributed by atoms with van der Waals surface area (Å²) in [5.41, 5.74) is 8.73. The molecule has 0 atom stereocenters.